The Morgan fingerprint density at radius 3 is 2.15 bits per heavy atom. The lowest BCUT2D eigenvalue weighted by Crippen LogP contribution is -2.60. The van der Waals surface area contributed by atoms with Gasteiger partial charge in [0.15, 0.2) is 17.3 Å². The van der Waals surface area contributed by atoms with Gasteiger partial charge in [-0.1, -0.05) is 72.8 Å². The van der Waals surface area contributed by atoms with Crippen molar-refractivity contribution in [1.29, 1.82) is 0 Å². The Hall–Kier alpha value is -3.37. The fourth-order valence-corrected chi connectivity index (χ4v) is 7.19. The number of hydrogen-bond donors (Lipinski definition) is 0. The van der Waals surface area contributed by atoms with E-state index in [9.17, 15) is 14.4 Å². The molecule has 0 saturated carbocycles. The summed E-state index contributed by atoms with van der Waals surface area (Å²) >= 11 is 0. The van der Waals surface area contributed by atoms with Crippen LogP contribution in [-0.4, -0.2) is 35.8 Å². The summed E-state index contributed by atoms with van der Waals surface area (Å²) in [5.74, 6) is 0.0924. The van der Waals surface area contributed by atoms with E-state index >= 15 is 0 Å². The number of carbonyl (C=O) groups is 3. The first kappa shape index (κ1) is 19.1. The van der Waals surface area contributed by atoms with Crippen LogP contribution in [0.3, 0.4) is 0 Å². The summed E-state index contributed by atoms with van der Waals surface area (Å²) in [6.45, 7) is 0.467. The van der Waals surface area contributed by atoms with E-state index in [-0.39, 0.29) is 23.3 Å². The molecule has 33 heavy (non-hydrogen) atoms. The molecular formula is C29H21NO3. The average Bonchev–Trinajstić information content (AvgIpc) is 3.57. The quantitative estimate of drug-likeness (QED) is 0.529. The van der Waals surface area contributed by atoms with Crippen molar-refractivity contribution in [1.82, 2.24) is 4.90 Å². The van der Waals surface area contributed by atoms with E-state index in [0.29, 0.717) is 29.7 Å². The van der Waals surface area contributed by atoms with Crippen LogP contribution in [0.1, 0.15) is 43.1 Å². The monoisotopic (exact) mass is 431 g/mol. The lowest BCUT2D eigenvalue weighted by atomic mass is 9.56. The van der Waals surface area contributed by atoms with E-state index in [0.717, 1.165) is 22.3 Å². The number of benzene rings is 3. The first-order valence-electron chi connectivity index (χ1n) is 11.4. The molecule has 4 aliphatic rings. The highest BCUT2D eigenvalue weighted by atomic mass is 16.2. The largest absolute Gasteiger partial charge is 0.293 e. The lowest BCUT2D eigenvalue weighted by Gasteiger charge is -2.44. The van der Waals surface area contributed by atoms with E-state index in [1.165, 1.54) is 0 Å². The van der Waals surface area contributed by atoms with Crippen LogP contribution in [0.25, 0.3) is 10.8 Å². The smallest absolute Gasteiger partial charge is 0.189 e. The van der Waals surface area contributed by atoms with Crippen molar-refractivity contribution in [2.24, 2.45) is 11.3 Å². The third kappa shape index (κ3) is 1.89. The summed E-state index contributed by atoms with van der Waals surface area (Å²) in [5, 5.41) is 1.83. The minimum Gasteiger partial charge on any atom is -0.293 e. The number of likely N-dealkylation sites (tertiary alicyclic amines) is 1. The van der Waals surface area contributed by atoms with E-state index in [1.807, 2.05) is 60.8 Å². The molecule has 2 radical (unpaired) electrons. The van der Waals surface area contributed by atoms with Crippen molar-refractivity contribution in [3.8, 4) is 0 Å². The summed E-state index contributed by atoms with van der Waals surface area (Å²) < 4.78 is 0. The fraction of sp³-hybridized carbons (Fsp3) is 0.207. The number of likely N-dealkylation sites (N-methyl/N-ethyl adjacent to an activating group) is 1. The molecule has 0 N–H and O–H groups in total. The molecule has 1 saturated heterocycles. The van der Waals surface area contributed by atoms with Crippen molar-refractivity contribution < 1.29 is 14.4 Å². The maximum Gasteiger partial charge on any atom is 0.189 e. The molecule has 3 aliphatic carbocycles. The van der Waals surface area contributed by atoms with Crippen molar-refractivity contribution in [2.75, 3.05) is 13.6 Å². The molecular weight excluding hydrogens is 410 g/mol. The minimum absolute atomic E-state index is 0.139. The van der Waals surface area contributed by atoms with Crippen LogP contribution in [0.2, 0.25) is 0 Å². The van der Waals surface area contributed by atoms with Gasteiger partial charge in [0, 0.05) is 29.2 Å². The highest BCUT2D eigenvalue weighted by molar-refractivity contribution is 6.36. The Morgan fingerprint density at radius 2 is 1.48 bits per heavy atom. The van der Waals surface area contributed by atoms with Crippen LogP contribution in [0.4, 0.5) is 0 Å². The van der Waals surface area contributed by atoms with Crippen LogP contribution < -0.4 is 0 Å². The van der Waals surface area contributed by atoms with Gasteiger partial charge in [0.05, 0.1) is 0 Å². The van der Waals surface area contributed by atoms with Gasteiger partial charge in [0.1, 0.15) is 11.0 Å². The van der Waals surface area contributed by atoms with Gasteiger partial charge < -0.3 is 0 Å². The van der Waals surface area contributed by atoms with Gasteiger partial charge in [0.2, 0.25) is 0 Å². The van der Waals surface area contributed by atoms with Gasteiger partial charge in [-0.15, -0.1) is 0 Å². The number of hydrogen-bond acceptors (Lipinski definition) is 4. The summed E-state index contributed by atoms with van der Waals surface area (Å²) in [7, 11) is 1.90. The zero-order valence-corrected chi connectivity index (χ0v) is 18.2. The molecule has 1 aliphatic heterocycles. The van der Waals surface area contributed by atoms with Gasteiger partial charge in [0.25, 0.3) is 0 Å². The van der Waals surface area contributed by atoms with Gasteiger partial charge in [-0.05, 0) is 42.1 Å². The van der Waals surface area contributed by atoms with Gasteiger partial charge >= 0.3 is 0 Å². The average molecular weight is 431 g/mol. The Kier molecular flexibility index (Phi) is 3.56. The zero-order valence-electron chi connectivity index (χ0n) is 18.2. The summed E-state index contributed by atoms with van der Waals surface area (Å²) in [6.07, 6.45) is 6.75. The number of Topliss-reactive ketones (excluding diaryl/α,β-unsaturated/α-hetero) is 3. The Morgan fingerprint density at radius 1 is 0.818 bits per heavy atom. The first-order chi connectivity index (χ1) is 16.0. The summed E-state index contributed by atoms with van der Waals surface area (Å²) in [4.78, 5) is 45.4. The number of fused-ring (bicyclic) bond motifs is 3. The second-order valence-corrected chi connectivity index (χ2v) is 9.57. The van der Waals surface area contributed by atoms with Crippen molar-refractivity contribution in [3.05, 3.63) is 107 Å². The third-order valence-corrected chi connectivity index (χ3v) is 8.37. The molecule has 4 heteroatoms. The second-order valence-electron chi connectivity index (χ2n) is 9.57. The molecule has 0 unspecified atom stereocenters. The highest BCUT2D eigenvalue weighted by Crippen LogP contribution is 2.67. The fourth-order valence-electron chi connectivity index (χ4n) is 7.19. The first-order valence-corrected chi connectivity index (χ1v) is 11.4. The van der Waals surface area contributed by atoms with Gasteiger partial charge in [-0.3, -0.25) is 19.3 Å². The standard InChI is InChI=1S/C29H21NO3/c1-30-16-23(17-8-2-3-9-17)28(25(31)19-12-4-5-13-20(19)26(28)32)29(30)22-15-7-11-18-10-6-14-21(24(18)22)27(29)33/h2-8,10-15,23H,9,16H2,1H3/t23-,29-/m0/s1. The molecule has 2 spiro atoms. The molecule has 1 heterocycles. The summed E-state index contributed by atoms with van der Waals surface area (Å²) in [5.41, 5.74) is -0.628. The summed E-state index contributed by atoms with van der Waals surface area (Å²) in [6, 6.07) is 18.7. The highest BCUT2D eigenvalue weighted by Gasteiger charge is 2.79. The van der Waals surface area contributed by atoms with E-state index < -0.39 is 11.0 Å². The second kappa shape index (κ2) is 6.15. The minimum atomic E-state index is -1.52. The van der Waals surface area contributed by atoms with Gasteiger partial charge in [-0.25, -0.2) is 0 Å². The Bertz CT molecular complexity index is 1400. The number of allylic oxidation sites excluding steroid dienone is 2. The molecule has 0 bridgehead atoms. The molecule has 2 atom stereocenters. The van der Waals surface area contributed by atoms with Crippen LogP contribution in [0, 0.1) is 23.7 Å². The SMILES string of the molecule is CN1C[C@@H]([C]2[CH]C=CC2)C2(C(=O)c3ccccc3C2=O)[C@]12C(=O)c1cccc3cccc2c13. The number of carbonyl (C=O) groups excluding carboxylic acids is 3. The topological polar surface area (TPSA) is 54.5 Å². The molecule has 0 aromatic heterocycles. The van der Waals surface area contributed by atoms with Gasteiger partial charge in [-0.2, -0.15) is 0 Å². The molecule has 0 amide bonds. The predicted octanol–water partition coefficient (Wildman–Crippen LogP) is 4.60. The molecule has 1 fully saturated rings. The lowest BCUT2D eigenvalue weighted by molar-refractivity contribution is 0.0294. The molecule has 4 nitrogen and oxygen atoms in total. The molecule has 160 valence electrons. The number of ketones is 3. The van der Waals surface area contributed by atoms with E-state index in [1.54, 1.807) is 24.3 Å². The van der Waals surface area contributed by atoms with Crippen molar-refractivity contribution in [3.63, 3.8) is 0 Å². The number of nitrogens with zero attached hydrogens (tertiary/aromatic N) is 1. The number of rotatable bonds is 1. The normalized spacial score (nSPS) is 27.7. The van der Waals surface area contributed by atoms with E-state index in [2.05, 4.69) is 6.08 Å². The van der Waals surface area contributed by atoms with E-state index in [4.69, 9.17) is 0 Å². The van der Waals surface area contributed by atoms with Crippen LogP contribution in [-0.2, 0) is 5.54 Å². The van der Waals surface area contributed by atoms with Crippen molar-refractivity contribution in [2.45, 2.75) is 12.0 Å². The maximum absolute atomic E-state index is 14.5. The van der Waals surface area contributed by atoms with Crippen LogP contribution in [0.5, 0.6) is 0 Å². The molecule has 3 aromatic carbocycles. The Labute approximate surface area is 191 Å². The van der Waals surface area contributed by atoms with Crippen LogP contribution >= 0.6 is 0 Å². The molecule has 3 aromatic rings. The van der Waals surface area contributed by atoms with Crippen molar-refractivity contribution >= 4 is 28.1 Å². The van der Waals surface area contributed by atoms with Crippen LogP contribution in [0.15, 0.2) is 72.8 Å². The predicted molar refractivity (Wildman–Crippen MR) is 125 cm³/mol. The molecule has 7 rings (SSSR count). The third-order valence-electron chi connectivity index (χ3n) is 8.37. The maximum atomic E-state index is 14.5. The zero-order chi connectivity index (χ0) is 22.5. The Balaban J connectivity index is 1.61.